The Morgan fingerprint density at radius 2 is 1.81 bits per heavy atom. The lowest BCUT2D eigenvalue weighted by molar-refractivity contribution is -0.126. The van der Waals surface area contributed by atoms with Crippen LogP contribution in [0.25, 0.3) is 0 Å². The minimum Gasteiger partial charge on any atom is -0.497 e. The molecule has 0 saturated heterocycles. The second kappa shape index (κ2) is 10.9. The SMILES string of the molecule is COc1ccc([C@H](C(=O)NC2CCCCC2)N(C(=O)CCl)c2ccc(Cl)cc2C)cc1. The molecule has 3 rings (SSSR count). The summed E-state index contributed by atoms with van der Waals surface area (Å²) in [6, 6.07) is 11.7. The molecule has 2 amide bonds. The highest BCUT2D eigenvalue weighted by Crippen LogP contribution is 2.33. The third-order valence-corrected chi connectivity index (χ3v) is 6.15. The number of alkyl halides is 1. The van der Waals surface area contributed by atoms with Crippen molar-refractivity contribution < 1.29 is 14.3 Å². The third-order valence-electron chi connectivity index (χ3n) is 5.69. The van der Waals surface area contributed by atoms with Gasteiger partial charge in [-0.15, -0.1) is 11.6 Å². The van der Waals surface area contributed by atoms with E-state index in [1.165, 1.54) is 11.3 Å². The first-order valence-corrected chi connectivity index (χ1v) is 11.4. The summed E-state index contributed by atoms with van der Waals surface area (Å²) < 4.78 is 5.26. The van der Waals surface area contributed by atoms with Gasteiger partial charge in [-0.25, -0.2) is 0 Å². The lowest BCUT2D eigenvalue weighted by Crippen LogP contribution is -2.48. The summed E-state index contributed by atoms with van der Waals surface area (Å²) in [4.78, 5) is 28.1. The zero-order chi connectivity index (χ0) is 22.4. The number of nitrogens with one attached hydrogen (secondary N) is 1. The zero-order valence-corrected chi connectivity index (χ0v) is 19.4. The fraction of sp³-hybridized carbons (Fsp3) is 0.417. The van der Waals surface area contributed by atoms with E-state index in [-0.39, 0.29) is 23.7 Å². The minimum absolute atomic E-state index is 0.112. The molecule has 1 aliphatic rings. The van der Waals surface area contributed by atoms with Crippen molar-refractivity contribution in [3.63, 3.8) is 0 Å². The molecule has 0 spiro atoms. The van der Waals surface area contributed by atoms with E-state index in [0.29, 0.717) is 22.0 Å². The first-order chi connectivity index (χ1) is 14.9. The average molecular weight is 463 g/mol. The average Bonchev–Trinajstić information content (AvgIpc) is 2.78. The van der Waals surface area contributed by atoms with E-state index in [9.17, 15) is 9.59 Å². The standard InChI is InChI=1S/C24H28Cl2N2O3/c1-16-14-18(26)10-13-21(16)28(22(29)15-25)23(17-8-11-20(31-2)12-9-17)24(30)27-19-6-4-3-5-7-19/h8-14,19,23H,3-7,15H2,1-2H3,(H,27,30)/t23-/m1/s1. The Morgan fingerprint density at radius 3 is 2.39 bits per heavy atom. The predicted octanol–water partition coefficient (Wildman–Crippen LogP) is 5.42. The first kappa shape index (κ1) is 23.4. The fourth-order valence-corrected chi connectivity index (χ4v) is 4.46. The molecule has 2 aromatic carbocycles. The molecule has 31 heavy (non-hydrogen) atoms. The number of hydrogen-bond acceptors (Lipinski definition) is 3. The summed E-state index contributed by atoms with van der Waals surface area (Å²) in [5, 5.41) is 3.74. The molecule has 1 aliphatic carbocycles. The Labute approximate surface area is 193 Å². The van der Waals surface area contributed by atoms with E-state index in [4.69, 9.17) is 27.9 Å². The maximum atomic E-state index is 13.6. The van der Waals surface area contributed by atoms with Crippen LogP contribution in [0.5, 0.6) is 5.75 Å². The van der Waals surface area contributed by atoms with Crippen LogP contribution in [0.4, 0.5) is 5.69 Å². The summed E-state index contributed by atoms with van der Waals surface area (Å²) in [6.45, 7) is 1.86. The van der Waals surface area contributed by atoms with Crippen molar-refractivity contribution in [1.29, 1.82) is 0 Å². The number of methoxy groups -OCH3 is 1. The highest BCUT2D eigenvalue weighted by atomic mass is 35.5. The maximum Gasteiger partial charge on any atom is 0.248 e. The highest BCUT2D eigenvalue weighted by molar-refractivity contribution is 6.31. The Balaban J connectivity index is 2.05. The van der Waals surface area contributed by atoms with Gasteiger partial charge in [0.1, 0.15) is 17.7 Å². The largest absolute Gasteiger partial charge is 0.497 e. The highest BCUT2D eigenvalue weighted by Gasteiger charge is 2.34. The molecule has 0 bridgehead atoms. The summed E-state index contributed by atoms with van der Waals surface area (Å²) in [7, 11) is 1.59. The molecule has 5 nitrogen and oxygen atoms in total. The van der Waals surface area contributed by atoms with Crippen molar-refractivity contribution in [2.24, 2.45) is 0 Å². The van der Waals surface area contributed by atoms with Crippen LogP contribution in [-0.4, -0.2) is 30.8 Å². The van der Waals surface area contributed by atoms with Gasteiger partial charge in [-0.2, -0.15) is 0 Å². The van der Waals surface area contributed by atoms with Gasteiger partial charge in [0.25, 0.3) is 0 Å². The molecule has 1 atom stereocenters. The van der Waals surface area contributed by atoms with E-state index in [0.717, 1.165) is 31.2 Å². The van der Waals surface area contributed by atoms with Crippen molar-refractivity contribution in [1.82, 2.24) is 5.32 Å². The van der Waals surface area contributed by atoms with E-state index >= 15 is 0 Å². The molecule has 166 valence electrons. The quantitative estimate of drug-likeness (QED) is 0.558. The molecule has 0 aliphatic heterocycles. The predicted molar refractivity (Wildman–Crippen MR) is 125 cm³/mol. The lowest BCUT2D eigenvalue weighted by atomic mass is 9.94. The Hall–Kier alpha value is -2.24. The number of rotatable bonds is 7. The second-order valence-electron chi connectivity index (χ2n) is 7.85. The monoisotopic (exact) mass is 462 g/mol. The van der Waals surface area contributed by atoms with E-state index in [2.05, 4.69) is 5.32 Å². The van der Waals surface area contributed by atoms with Crippen molar-refractivity contribution in [3.05, 3.63) is 58.6 Å². The van der Waals surface area contributed by atoms with Crippen LogP contribution in [0.3, 0.4) is 0 Å². The van der Waals surface area contributed by atoms with Crippen LogP contribution in [0.1, 0.15) is 49.3 Å². The number of anilines is 1. The molecule has 0 aromatic heterocycles. The van der Waals surface area contributed by atoms with Crippen LogP contribution >= 0.6 is 23.2 Å². The van der Waals surface area contributed by atoms with Crippen LogP contribution in [-0.2, 0) is 9.59 Å². The summed E-state index contributed by atoms with van der Waals surface area (Å²) in [5.41, 5.74) is 2.08. The Kier molecular flexibility index (Phi) is 8.22. The molecule has 1 fully saturated rings. The fourth-order valence-electron chi connectivity index (χ4n) is 4.10. The molecular formula is C24H28Cl2N2O3. The molecule has 2 aromatic rings. The van der Waals surface area contributed by atoms with Gasteiger partial charge in [0, 0.05) is 16.8 Å². The second-order valence-corrected chi connectivity index (χ2v) is 8.55. The Bertz CT molecular complexity index is 912. The van der Waals surface area contributed by atoms with Gasteiger partial charge in [-0.1, -0.05) is 43.0 Å². The zero-order valence-electron chi connectivity index (χ0n) is 17.9. The number of aryl methyl sites for hydroxylation is 1. The number of carbonyl (C=O) groups excluding carboxylic acids is 2. The Morgan fingerprint density at radius 1 is 1.13 bits per heavy atom. The maximum absolute atomic E-state index is 13.6. The summed E-state index contributed by atoms with van der Waals surface area (Å²) >= 11 is 12.1. The molecule has 0 heterocycles. The van der Waals surface area contributed by atoms with Crippen molar-refractivity contribution in [2.45, 2.75) is 51.1 Å². The molecule has 1 N–H and O–H groups in total. The number of hydrogen-bond donors (Lipinski definition) is 1. The number of carbonyl (C=O) groups is 2. The van der Waals surface area contributed by atoms with Crippen LogP contribution < -0.4 is 15.0 Å². The van der Waals surface area contributed by atoms with Gasteiger partial charge < -0.3 is 10.1 Å². The lowest BCUT2D eigenvalue weighted by Gasteiger charge is -2.34. The van der Waals surface area contributed by atoms with Crippen LogP contribution in [0, 0.1) is 6.92 Å². The molecule has 0 radical (unpaired) electrons. The summed E-state index contributed by atoms with van der Waals surface area (Å²) in [6.07, 6.45) is 5.28. The van der Waals surface area contributed by atoms with Gasteiger partial charge in [0.05, 0.1) is 7.11 Å². The smallest absolute Gasteiger partial charge is 0.248 e. The number of amides is 2. The van der Waals surface area contributed by atoms with Crippen LogP contribution in [0.15, 0.2) is 42.5 Å². The third kappa shape index (κ3) is 5.72. The number of nitrogens with zero attached hydrogens (tertiary/aromatic N) is 1. The minimum atomic E-state index is -0.862. The van der Waals surface area contributed by atoms with Gasteiger partial charge in [0.15, 0.2) is 0 Å². The summed E-state index contributed by atoms with van der Waals surface area (Å²) in [5.74, 6) is -0.143. The van der Waals surface area contributed by atoms with Gasteiger partial charge in [-0.05, 0) is 61.2 Å². The van der Waals surface area contributed by atoms with E-state index in [1.807, 2.05) is 19.1 Å². The van der Waals surface area contributed by atoms with Crippen molar-refractivity contribution in [2.75, 3.05) is 17.9 Å². The molecule has 7 heteroatoms. The van der Waals surface area contributed by atoms with Gasteiger partial charge >= 0.3 is 0 Å². The van der Waals surface area contributed by atoms with Crippen molar-refractivity contribution in [3.8, 4) is 5.75 Å². The molecule has 1 saturated carbocycles. The molecular weight excluding hydrogens is 435 g/mol. The molecule has 0 unspecified atom stereocenters. The van der Waals surface area contributed by atoms with E-state index in [1.54, 1.807) is 37.4 Å². The number of benzene rings is 2. The number of ether oxygens (including phenoxy) is 1. The first-order valence-electron chi connectivity index (χ1n) is 10.5. The van der Waals surface area contributed by atoms with Gasteiger partial charge in [-0.3, -0.25) is 14.5 Å². The van der Waals surface area contributed by atoms with E-state index < -0.39 is 6.04 Å². The van der Waals surface area contributed by atoms with Crippen LogP contribution in [0.2, 0.25) is 5.02 Å². The van der Waals surface area contributed by atoms with Gasteiger partial charge in [0.2, 0.25) is 11.8 Å². The number of halogens is 2. The normalized spacial score (nSPS) is 15.2. The van der Waals surface area contributed by atoms with Crippen molar-refractivity contribution >= 4 is 40.7 Å². The topological polar surface area (TPSA) is 58.6 Å².